The summed E-state index contributed by atoms with van der Waals surface area (Å²) in [5.74, 6) is -0.322. The van der Waals surface area contributed by atoms with Crippen LogP contribution in [-0.2, 0) is 10.0 Å². The van der Waals surface area contributed by atoms with E-state index < -0.39 is 16.1 Å². The average molecular weight is 388 g/mol. The molecule has 2 N–H and O–H groups in total. The lowest BCUT2D eigenvalue weighted by atomic mass is 9.85. The molecule has 1 heterocycles. The fraction of sp³-hybridized carbons (Fsp3) is 0.350. The first-order chi connectivity index (χ1) is 12.8. The summed E-state index contributed by atoms with van der Waals surface area (Å²) in [6.45, 7) is 3.84. The Hall–Kier alpha value is -2.22. The number of nitrogens with one attached hydrogen (secondary N) is 1. The van der Waals surface area contributed by atoms with E-state index in [1.54, 1.807) is 0 Å². The molecule has 27 heavy (non-hydrogen) atoms. The van der Waals surface area contributed by atoms with Crippen molar-refractivity contribution in [3.05, 3.63) is 65.9 Å². The number of aliphatic hydroxyl groups is 1. The van der Waals surface area contributed by atoms with Gasteiger partial charge in [-0.05, 0) is 37.1 Å². The minimum absolute atomic E-state index is 0.246. The zero-order chi connectivity index (χ0) is 19.6. The van der Waals surface area contributed by atoms with Crippen molar-refractivity contribution in [2.24, 2.45) is 0 Å². The highest BCUT2D eigenvalue weighted by Gasteiger charge is 2.27. The molecule has 0 amide bonds. The van der Waals surface area contributed by atoms with E-state index in [2.05, 4.69) is 23.7 Å². The van der Waals surface area contributed by atoms with Crippen LogP contribution in [0.5, 0.6) is 0 Å². The molecule has 2 atom stereocenters. The fourth-order valence-electron chi connectivity index (χ4n) is 3.48. The number of benzene rings is 2. The monoisotopic (exact) mass is 387 g/mol. The summed E-state index contributed by atoms with van der Waals surface area (Å²) < 4.78 is 28.2. The van der Waals surface area contributed by atoms with Crippen molar-refractivity contribution >= 4 is 20.9 Å². The van der Waals surface area contributed by atoms with Crippen LogP contribution in [0.3, 0.4) is 0 Å². The Morgan fingerprint density at radius 2 is 1.81 bits per heavy atom. The summed E-state index contributed by atoms with van der Waals surface area (Å²) in [4.78, 5) is 0. The van der Waals surface area contributed by atoms with Crippen molar-refractivity contribution in [1.29, 1.82) is 0 Å². The van der Waals surface area contributed by atoms with Crippen LogP contribution in [0.1, 0.15) is 36.9 Å². The largest absolute Gasteiger partial charge is 0.395 e. The Kier molecular flexibility index (Phi) is 5.64. The summed E-state index contributed by atoms with van der Waals surface area (Å²) in [5, 5.41) is 15.4. The van der Waals surface area contributed by atoms with E-state index >= 15 is 0 Å². The van der Waals surface area contributed by atoms with Crippen LogP contribution in [0.25, 0.3) is 10.9 Å². The molecule has 6 nitrogen and oxygen atoms in total. The van der Waals surface area contributed by atoms with E-state index in [4.69, 9.17) is 0 Å². The predicted octanol–water partition coefficient (Wildman–Crippen LogP) is 2.66. The summed E-state index contributed by atoms with van der Waals surface area (Å²) in [7, 11) is -3.47. The number of hydrogen-bond donors (Lipinski definition) is 2. The standard InChI is InChI=1S/C20H25N3O3S/c1-14(2)23-19-10-9-16(11-17(19)12-21-23)20(15-7-5-4-6-8-15)18(13-24)22-27(3,25)26/h4-12,14,18,20,22,24H,13H2,1-3H3/t18-,20-/m1/s1. The smallest absolute Gasteiger partial charge is 0.209 e. The van der Waals surface area contributed by atoms with Gasteiger partial charge in [0.15, 0.2) is 0 Å². The third-order valence-corrected chi connectivity index (χ3v) is 5.32. The van der Waals surface area contributed by atoms with Gasteiger partial charge in [-0.15, -0.1) is 0 Å². The lowest BCUT2D eigenvalue weighted by Crippen LogP contribution is -2.41. The first-order valence-corrected chi connectivity index (χ1v) is 10.8. The lowest BCUT2D eigenvalue weighted by Gasteiger charge is -2.27. The molecule has 0 saturated heterocycles. The molecule has 0 fully saturated rings. The second kappa shape index (κ2) is 7.80. The lowest BCUT2D eigenvalue weighted by molar-refractivity contribution is 0.246. The number of aromatic nitrogens is 2. The molecule has 1 aromatic heterocycles. The molecule has 0 aliphatic heterocycles. The summed E-state index contributed by atoms with van der Waals surface area (Å²) >= 11 is 0. The third-order valence-electron chi connectivity index (χ3n) is 4.59. The van der Waals surface area contributed by atoms with Crippen LogP contribution < -0.4 is 4.72 Å². The van der Waals surface area contributed by atoms with Crippen LogP contribution in [-0.4, -0.2) is 42.2 Å². The molecule has 3 rings (SSSR count). The number of fused-ring (bicyclic) bond motifs is 1. The molecule has 0 aliphatic rings. The van der Waals surface area contributed by atoms with Gasteiger partial charge in [-0.1, -0.05) is 36.4 Å². The van der Waals surface area contributed by atoms with Crippen LogP contribution in [0.4, 0.5) is 0 Å². The van der Waals surface area contributed by atoms with Crippen molar-refractivity contribution in [2.45, 2.75) is 31.8 Å². The van der Waals surface area contributed by atoms with Crippen LogP contribution >= 0.6 is 0 Å². The van der Waals surface area contributed by atoms with Crippen molar-refractivity contribution in [3.63, 3.8) is 0 Å². The highest BCUT2D eigenvalue weighted by atomic mass is 32.2. The van der Waals surface area contributed by atoms with Gasteiger partial charge in [0.25, 0.3) is 0 Å². The number of sulfonamides is 1. The molecule has 0 unspecified atom stereocenters. The molecule has 0 bridgehead atoms. The average Bonchev–Trinajstić information content (AvgIpc) is 3.04. The van der Waals surface area contributed by atoms with Crippen LogP contribution in [0, 0.1) is 0 Å². The van der Waals surface area contributed by atoms with E-state index in [9.17, 15) is 13.5 Å². The van der Waals surface area contributed by atoms with E-state index in [1.165, 1.54) is 0 Å². The van der Waals surface area contributed by atoms with Crippen molar-refractivity contribution in [3.8, 4) is 0 Å². The topological polar surface area (TPSA) is 84.2 Å². The van der Waals surface area contributed by atoms with Crippen LogP contribution in [0.15, 0.2) is 54.7 Å². The minimum atomic E-state index is -3.47. The Balaban J connectivity index is 2.11. The summed E-state index contributed by atoms with van der Waals surface area (Å²) in [5.41, 5.74) is 2.88. The predicted molar refractivity (Wildman–Crippen MR) is 107 cm³/mol. The summed E-state index contributed by atoms with van der Waals surface area (Å²) in [6, 6.07) is 15.2. The SMILES string of the molecule is CC(C)n1ncc2cc([C@@H](c3ccccc3)[C@@H](CO)NS(C)(=O)=O)ccc21. The Labute approximate surface area is 159 Å². The normalized spacial score (nSPS) is 14.6. The first kappa shape index (κ1) is 19.5. The van der Waals surface area contributed by atoms with Crippen molar-refractivity contribution in [2.75, 3.05) is 12.9 Å². The Morgan fingerprint density at radius 3 is 2.41 bits per heavy atom. The molecule has 0 aliphatic carbocycles. The molecule has 0 spiro atoms. The fourth-order valence-corrected chi connectivity index (χ4v) is 4.24. The van der Waals surface area contributed by atoms with Gasteiger partial charge >= 0.3 is 0 Å². The maximum Gasteiger partial charge on any atom is 0.209 e. The molecule has 0 radical (unpaired) electrons. The summed E-state index contributed by atoms with van der Waals surface area (Å²) in [6.07, 6.45) is 2.92. The maximum atomic E-state index is 11.8. The Bertz CT molecular complexity index is 1010. The van der Waals surface area contributed by atoms with Crippen molar-refractivity contribution in [1.82, 2.24) is 14.5 Å². The van der Waals surface area contributed by atoms with Gasteiger partial charge in [0, 0.05) is 17.3 Å². The molecular formula is C20H25N3O3S. The molecule has 7 heteroatoms. The van der Waals surface area contributed by atoms with Gasteiger partial charge in [-0.25, -0.2) is 13.1 Å². The van der Waals surface area contributed by atoms with E-state index in [0.29, 0.717) is 0 Å². The first-order valence-electron chi connectivity index (χ1n) is 8.90. The van der Waals surface area contributed by atoms with Crippen LogP contribution in [0.2, 0.25) is 0 Å². The van der Waals surface area contributed by atoms with E-state index in [1.807, 2.05) is 59.4 Å². The molecule has 3 aromatic rings. The highest BCUT2D eigenvalue weighted by Crippen LogP contribution is 2.31. The number of rotatable bonds is 7. The maximum absolute atomic E-state index is 11.8. The second-order valence-corrected chi connectivity index (χ2v) is 8.85. The molecule has 144 valence electrons. The van der Waals surface area contributed by atoms with Gasteiger partial charge in [-0.3, -0.25) is 4.68 Å². The Morgan fingerprint density at radius 1 is 1.11 bits per heavy atom. The quantitative estimate of drug-likeness (QED) is 0.653. The van der Waals surface area contributed by atoms with Gasteiger partial charge in [0.1, 0.15) is 0 Å². The van der Waals surface area contributed by atoms with E-state index in [0.717, 1.165) is 28.3 Å². The molecule has 0 saturated carbocycles. The van der Waals surface area contributed by atoms with Crippen molar-refractivity contribution < 1.29 is 13.5 Å². The molecule has 2 aromatic carbocycles. The van der Waals surface area contributed by atoms with E-state index in [-0.39, 0.29) is 18.6 Å². The minimum Gasteiger partial charge on any atom is -0.395 e. The zero-order valence-electron chi connectivity index (χ0n) is 15.7. The number of nitrogens with zero attached hydrogens (tertiary/aromatic N) is 2. The van der Waals surface area contributed by atoms with Gasteiger partial charge in [-0.2, -0.15) is 5.10 Å². The number of hydrogen-bond acceptors (Lipinski definition) is 4. The number of aliphatic hydroxyl groups excluding tert-OH is 1. The molecular weight excluding hydrogens is 362 g/mol. The zero-order valence-corrected chi connectivity index (χ0v) is 16.5. The van der Waals surface area contributed by atoms with Gasteiger partial charge in [0.2, 0.25) is 10.0 Å². The highest BCUT2D eigenvalue weighted by molar-refractivity contribution is 7.88. The van der Waals surface area contributed by atoms with Gasteiger partial charge in [0.05, 0.1) is 30.6 Å². The van der Waals surface area contributed by atoms with Gasteiger partial charge < -0.3 is 5.11 Å². The second-order valence-electron chi connectivity index (χ2n) is 7.07. The third kappa shape index (κ3) is 4.37.